The maximum atomic E-state index is 12.7. The molecule has 0 radical (unpaired) electrons. The van der Waals surface area contributed by atoms with Crippen LogP contribution in [0.4, 0.5) is 0 Å². The largest absolute Gasteiger partial charge is 0.342 e. The van der Waals surface area contributed by atoms with Gasteiger partial charge in [0.15, 0.2) is 0 Å². The second-order valence-electron chi connectivity index (χ2n) is 6.94. The number of piperidine rings is 1. The van der Waals surface area contributed by atoms with Crippen LogP contribution in [0.1, 0.15) is 36.6 Å². The van der Waals surface area contributed by atoms with Gasteiger partial charge >= 0.3 is 0 Å². The third kappa shape index (κ3) is 3.45. The minimum absolute atomic E-state index is 0.190. The third-order valence-electron chi connectivity index (χ3n) is 5.05. The highest BCUT2D eigenvalue weighted by atomic mass is 16.2. The van der Waals surface area contributed by atoms with E-state index in [1.165, 1.54) is 0 Å². The predicted octanol–water partition coefficient (Wildman–Crippen LogP) is 2.93. The van der Waals surface area contributed by atoms with Crippen molar-refractivity contribution in [3.63, 3.8) is 0 Å². The van der Waals surface area contributed by atoms with Gasteiger partial charge in [0.25, 0.3) is 0 Å². The second-order valence-corrected chi connectivity index (χ2v) is 6.94. The Morgan fingerprint density at radius 1 is 1.23 bits per heavy atom. The monoisotopic (exact) mass is 349 g/mol. The average Bonchev–Trinajstić information content (AvgIpc) is 3.09. The summed E-state index contributed by atoms with van der Waals surface area (Å²) in [5.74, 6) is 0.473. The number of aryl methyl sites for hydroxylation is 2. The van der Waals surface area contributed by atoms with E-state index in [2.05, 4.69) is 15.1 Å². The van der Waals surface area contributed by atoms with Crippen molar-refractivity contribution in [3.8, 4) is 0 Å². The van der Waals surface area contributed by atoms with Crippen LogP contribution in [0, 0.1) is 6.92 Å². The molecule has 26 heavy (non-hydrogen) atoms. The van der Waals surface area contributed by atoms with E-state index in [4.69, 9.17) is 0 Å². The first-order chi connectivity index (χ1) is 12.7. The molecule has 2 aromatic heterocycles. The fraction of sp³-hybridized carbons (Fsp3) is 0.400. The molecule has 0 aliphatic carbocycles. The lowest BCUT2D eigenvalue weighted by molar-refractivity contribution is -0.132. The van der Waals surface area contributed by atoms with E-state index >= 15 is 0 Å². The molecule has 0 spiro atoms. The minimum Gasteiger partial charge on any atom is -0.342 e. The normalized spacial score (nSPS) is 17.6. The van der Waals surface area contributed by atoms with Gasteiger partial charge in [0.2, 0.25) is 5.91 Å². The standard InChI is InChI=1S/C20H23N5O/c1-15-11-21-13-18(23-15)17-6-4-9-24(14-17)20(26)8-10-25-19-7-3-2-5-16(19)12-22-25/h2-3,5,7,11-13,17H,4,6,8-10,14H2,1H3/t17-/m0/s1. The first kappa shape index (κ1) is 16.7. The number of fused-ring (bicyclic) bond motifs is 1. The predicted molar refractivity (Wildman–Crippen MR) is 99.7 cm³/mol. The maximum absolute atomic E-state index is 12.7. The molecule has 0 unspecified atom stereocenters. The van der Waals surface area contributed by atoms with Gasteiger partial charge in [0.1, 0.15) is 0 Å². The molecule has 134 valence electrons. The number of carbonyl (C=O) groups is 1. The van der Waals surface area contributed by atoms with Crippen LogP contribution in [0.5, 0.6) is 0 Å². The van der Waals surface area contributed by atoms with Crippen LogP contribution in [0.15, 0.2) is 42.9 Å². The molecule has 0 bridgehead atoms. The van der Waals surface area contributed by atoms with E-state index in [1.54, 1.807) is 6.20 Å². The molecule has 1 atom stereocenters. The molecule has 1 aromatic carbocycles. The number of benzene rings is 1. The number of likely N-dealkylation sites (tertiary alicyclic amines) is 1. The Morgan fingerprint density at radius 2 is 2.12 bits per heavy atom. The van der Waals surface area contributed by atoms with Crippen LogP contribution in [-0.4, -0.2) is 43.6 Å². The molecule has 6 heteroatoms. The SMILES string of the molecule is Cc1cncc([C@H]2CCCN(C(=O)CCn3ncc4ccccc43)C2)n1. The summed E-state index contributed by atoms with van der Waals surface area (Å²) in [4.78, 5) is 23.5. The number of carbonyl (C=O) groups excluding carboxylic acids is 1. The van der Waals surface area contributed by atoms with Crippen molar-refractivity contribution in [1.29, 1.82) is 0 Å². The number of rotatable bonds is 4. The summed E-state index contributed by atoms with van der Waals surface area (Å²) in [6.45, 7) is 4.12. The van der Waals surface area contributed by atoms with Crippen molar-refractivity contribution in [3.05, 3.63) is 54.2 Å². The Balaban J connectivity index is 1.40. The zero-order valence-electron chi connectivity index (χ0n) is 15.0. The summed E-state index contributed by atoms with van der Waals surface area (Å²) in [6, 6.07) is 8.08. The molecule has 1 aliphatic heterocycles. The van der Waals surface area contributed by atoms with Crippen LogP contribution in [0.3, 0.4) is 0 Å². The molecule has 1 fully saturated rings. The highest BCUT2D eigenvalue weighted by molar-refractivity contribution is 5.79. The third-order valence-corrected chi connectivity index (χ3v) is 5.05. The molecule has 4 rings (SSSR count). The lowest BCUT2D eigenvalue weighted by atomic mass is 9.94. The van der Waals surface area contributed by atoms with Crippen LogP contribution in [0.25, 0.3) is 10.9 Å². The van der Waals surface area contributed by atoms with Crippen molar-refractivity contribution in [2.24, 2.45) is 0 Å². The number of amides is 1. The molecule has 1 aliphatic rings. The van der Waals surface area contributed by atoms with E-state index in [9.17, 15) is 4.79 Å². The second kappa shape index (κ2) is 7.23. The minimum atomic E-state index is 0.190. The van der Waals surface area contributed by atoms with Crippen LogP contribution in [0.2, 0.25) is 0 Å². The molecule has 0 N–H and O–H groups in total. The van der Waals surface area contributed by atoms with Crippen molar-refractivity contribution in [1.82, 2.24) is 24.6 Å². The summed E-state index contributed by atoms with van der Waals surface area (Å²) >= 11 is 0. The molecular formula is C20H23N5O. The number of hydrogen-bond donors (Lipinski definition) is 0. The summed E-state index contributed by atoms with van der Waals surface area (Å²) < 4.78 is 1.92. The molecule has 3 heterocycles. The van der Waals surface area contributed by atoms with Gasteiger partial charge in [-0.1, -0.05) is 18.2 Å². The molecule has 0 saturated carbocycles. The summed E-state index contributed by atoms with van der Waals surface area (Å²) in [5.41, 5.74) is 3.00. The van der Waals surface area contributed by atoms with Crippen LogP contribution >= 0.6 is 0 Å². The smallest absolute Gasteiger partial charge is 0.224 e. The first-order valence-electron chi connectivity index (χ1n) is 9.17. The number of hydrogen-bond acceptors (Lipinski definition) is 4. The lowest BCUT2D eigenvalue weighted by Crippen LogP contribution is -2.39. The zero-order chi connectivity index (χ0) is 17.9. The van der Waals surface area contributed by atoms with Gasteiger partial charge in [-0.3, -0.25) is 19.4 Å². The number of nitrogens with zero attached hydrogens (tertiary/aromatic N) is 5. The Labute approximate surface area is 152 Å². The fourth-order valence-electron chi connectivity index (χ4n) is 3.69. The Bertz CT molecular complexity index is 919. The van der Waals surface area contributed by atoms with Gasteiger partial charge in [-0.25, -0.2) is 0 Å². The molecule has 6 nitrogen and oxygen atoms in total. The highest BCUT2D eigenvalue weighted by Crippen LogP contribution is 2.25. The van der Waals surface area contributed by atoms with Crippen LogP contribution < -0.4 is 0 Å². The molecule has 3 aromatic rings. The Kier molecular flexibility index (Phi) is 4.65. The Morgan fingerprint density at radius 3 is 3.00 bits per heavy atom. The van der Waals surface area contributed by atoms with E-state index in [1.807, 2.05) is 53.2 Å². The van der Waals surface area contributed by atoms with E-state index in [0.717, 1.165) is 48.2 Å². The lowest BCUT2D eigenvalue weighted by Gasteiger charge is -2.32. The average molecular weight is 349 g/mol. The van der Waals surface area contributed by atoms with Crippen molar-refractivity contribution >= 4 is 16.8 Å². The van der Waals surface area contributed by atoms with Crippen LogP contribution in [-0.2, 0) is 11.3 Å². The fourth-order valence-corrected chi connectivity index (χ4v) is 3.69. The quantitative estimate of drug-likeness (QED) is 0.726. The summed E-state index contributed by atoms with van der Waals surface area (Å²) in [7, 11) is 0. The maximum Gasteiger partial charge on any atom is 0.224 e. The summed E-state index contributed by atoms with van der Waals surface area (Å²) in [5, 5.41) is 5.52. The topological polar surface area (TPSA) is 63.9 Å². The summed E-state index contributed by atoms with van der Waals surface area (Å²) in [6.07, 6.45) is 8.00. The van der Waals surface area contributed by atoms with Gasteiger partial charge in [0.05, 0.1) is 29.6 Å². The van der Waals surface area contributed by atoms with Crippen molar-refractivity contribution in [2.45, 2.75) is 38.6 Å². The number of aromatic nitrogens is 4. The Hall–Kier alpha value is -2.76. The molecule has 1 amide bonds. The van der Waals surface area contributed by atoms with Gasteiger partial charge in [-0.2, -0.15) is 5.10 Å². The van der Waals surface area contributed by atoms with Gasteiger partial charge < -0.3 is 4.90 Å². The van der Waals surface area contributed by atoms with Gasteiger partial charge in [0, 0.05) is 43.2 Å². The van der Waals surface area contributed by atoms with E-state index in [-0.39, 0.29) is 11.8 Å². The van der Waals surface area contributed by atoms with Gasteiger partial charge in [-0.15, -0.1) is 0 Å². The van der Waals surface area contributed by atoms with Crippen molar-refractivity contribution < 1.29 is 4.79 Å². The van der Waals surface area contributed by atoms with Gasteiger partial charge in [-0.05, 0) is 25.8 Å². The first-order valence-corrected chi connectivity index (χ1v) is 9.17. The van der Waals surface area contributed by atoms with E-state index < -0.39 is 0 Å². The van der Waals surface area contributed by atoms with E-state index in [0.29, 0.717) is 13.0 Å². The molecular weight excluding hydrogens is 326 g/mol. The highest BCUT2D eigenvalue weighted by Gasteiger charge is 2.25. The molecule has 1 saturated heterocycles. The van der Waals surface area contributed by atoms with Crippen molar-refractivity contribution in [2.75, 3.05) is 13.1 Å². The zero-order valence-corrected chi connectivity index (χ0v) is 15.0. The number of para-hydroxylation sites is 1.